The lowest BCUT2D eigenvalue weighted by atomic mass is 9.98. The van der Waals surface area contributed by atoms with Crippen molar-refractivity contribution in [2.24, 2.45) is 5.73 Å². The summed E-state index contributed by atoms with van der Waals surface area (Å²) in [6.45, 7) is 3.46. The molecule has 0 amide bonds. The standard InChI is InChI=1S/C25H28N4O3S/c1-2-33(30,31)29-23-8-7-21(32-22-9-10-28-15-22)13-20(23)14-24(29)17-5-3-16-4-6-18(25(26)27)12-19(16)11-17/h3-8,11-13,22,24,28H,2,9-10,14-15H2,1H3,(H3,26,27). The molecule has 172 valence electrons. The van der Waals surface area contributed by atoms with E-state index in [-0.39, 0.29) is 23.7 Å². The van der Waals surface area contributed by atoms with Crippen molar-refractivity contribution in [3.8, 4) is 5.75 Å². The molecule has 0 radical (unpaired) electrons. The number of ether oxygens (including phenoxy) is 1. The maximum absolute atomic E-state index is 13.2. The predicted octanol–water partition coefficient (Wildman–Crippen LogP) is 3.32. The van der Waals surface area contributed by atoms with Crippen molar-refractivity contribution in [1.82, 2.24) is 5.32 Å². The Balaban J connectivity index is 1.54. The molecule has 8 heteroatoms. The van der Waals surface area contributed by atoms with Crippen molar-refractivity contribution in [3.05, 3.63) is 71.3 Å². The number of hydrogen-bond donors (Lipinski definition) is 3. The van der Waals surface area contributed by atoms with Crippen LogP contribution in [0.25, 0.3) is 10.8 Å². The fraction of sp³-hybridized carbons (Fsp3) is 0.320. The number of rotatable bonds is 6. The van der Waals surface area contributed by atoms with Gasteiger partial charge < -0.3 is 15.8 Å². The Hall–Kier alpha value is -3.10. The predicted molar refractivity (Wildman–Crippen MR) is 132 cm³/mol. The molecule has 3 aromatic carbocycles. The minimum absolute atomic E-state index is 0.00996. The van der Waals surface area contributed by atoms with Gasteiger partial charge in [-0.2, -0.15) is 0 Å². The van der Waals surface area contributed by atoms with E-state index in [1.807, 2.05) is 54.6 Å². The number of nitrogens with zero attached hydrogens (tertiary/aromatic N) is 1. The van der Waals surface area contributed by atoms with Crippen LogP contribution >= 0.6 is 0 Å². The summed E-state index contributed by atoms with van der Waals surface area (Å²) in [5.41, 5.74) is 8.93. The zero-order valence-corrected chi connectivity index (χ0v) is 19.4. The van der Waals surface area contributed by atoms with Crippen LogP contribution < -0.4 is 20.1 Å². The maximum Gasteiger partial charge on any atom is 0.235 e. The van der Waals surface area contributed by atoms with Gasteiger partial charge >= 0.3 is 0 Å². The van der Waals surface area contributed by atoms with Crippen molar-refractivity contribution in [3.63, 3.8) is 0 Å². The largest absolute Gasteiger partial charge is 0.489 e. The minimum atomic E-state index is -3.49. The zero-order valence-electron chi connectivity index (χ0n) is 18.5. The van der Waals surface area contributed by atoms with Crippen LogP contribution in [0.1, 0.15) is 36.1 Å². The van der Waals surface area contributed by atoms with E-state index in [0.29, 0.717) is 12.0 Å². The lowest BCUT2D eigenvalue weighted by Gasteiger charge is -2.27. The summed E-state index contributed by atoms with van der Waals surface area (Å²) in [4.78, 5) is 0. The molecular weight excluding hydrogens is 436 g/mol. The van der Waals surface area contributed by atoms with Gasteiger partial charge in [0, 0.05) is 18.5 Å². The molecule has 2 unspecified atom stereocenters. The van der Waals surface area contributed by atoms with Crippen molar-refractivity contribution in [2.45, 2.75) is 31.9 Å². The second-order valence-electron chi connectivity index (χ2n) is 8.67. The summed E-state index contributed by atoms with van der Waals surface area (Å²) in [5, 5.41) is 13.0. The van der Waals surface area contributed by atoms with Crippen molar-refractivity contribution < 1.29 is 13.2 Å². The molecule has 0 spiro atoms. The Morgan fingerprint density at radius 3 is 2.70 bits per heavy atom. The lowest BCUT2D eigenvalue weighted by molar-refractivity contribution is 0.223. The van der Waals surface area contributed by atoms with E-state index in [1.165, 1.54) is 0 Å². The van der Waals surface area contributed by atoms with E-state index in [1.54, 1.807) is 11.2 Å². The first-order valence-electron chi connectivity index (χ1n) is 11.3. The van der Waals surface area contributed by atoms with E-state index in [4.69, 9.17) is 15.9 Å². The van der Waals surface area contributed by atoms with Gasteiger partial charge in [0.15, 0.2) is 0 Å². The van der Waals surface area contributed by atoms with E-state index in [2.05, 4.69) is 5.32 Å². The molecular formula is C25H28N4O3S. The number of sulfonamides is 1. The van der Waals surface area contributed by atoms with E-state index in [9.17, 15) is 8.42 Å². The highest BCUT2D eigenvalue weighted by atomic mass is 32.2. The van der Waals surface area contributed by atoms with Gasteiger partial charge in [0.1, 0.15) is 17.7 Å². The summed E-state index contributed by atoms with van der Waals surface area (Å²) in [6, 6.07) is 17.0. The molecule has 2 aliphatic rings. The summed E-state index contributed by atoms with van der Waals surface area (Å²) in [5.74, 6) is 0.814. The molecule has 0 aromatic heterocycles. The van der Waals surface area contributed by atoms with Gasteiger partial charge in [-0.1, -0.05) is 24.3 Å². The third kappa shape index (κ3) is 4.05. The molecule has 1 fully saturated rings. The summed E-state index contributed by atoms with van der Waals surface area (Å²) < 4.78 is 34.0. The summed E-state index contributed by atoms with van der Waals surface area (Å²) >= 11 is 0. The highest BCUT2D eigenvalue weighted by Gasteiger charge is 2.38. The second-order valence-corrected chi connectivity index (χ2v) is 10.8. The molecule has 0 saturated carbocycles. The molecule has 2 atom stereocenters. The monoisotopic (exact) mass is 464 g/mol. The second kappa shape index (κ2) is 8.35. The van der Waals surface area contributed by atoms with Crippen LogP contribution in [0.5, 0.6) is 5.75 Å². The fourth-order valence-electron chi connectivity index (χ4n) is 4.77. The third-order valence-corrected chi connectivity index (χ3v) is 8.31. The van der Waals surface area contributed by atoms with Crippen LogP contribution in [0.2, 0.25) is 0 Å². The molecule has 3 aromatic rings. The molecule has 7 nitrogen and oxygen atoms in total. The fourth-order valence-corrected chi connectivity index (χ4v) is 6.11. The van der Waals surface area contributed by atoms with E-state index in [0.717, 1.165) is 52.8 Å². The Labute approximate surface area is 194 Å². The quantitative estimate of drug-likeness (QED) is 0.383. The molecule has 0 aliphatic carbocycles. The molecule has 1 saturated heterocycles. The number of anilines is 1. The first-order valence-corrected chi connectivity index (χ1v) is 12.9. The van der Waals surface area contributed by atoms with Crippen LogP contribution in [0.15, 0.2) is 54.6 Å². The average Bonchev–Trinajstić information content (AvgIpc) is 3.46. The van der Waals surface area contributed by atoms with Gasteiger partial charge in [0.05, 0.1) is 17.5 Å². The van der Waals surface area contributed by atoms with E-state index < -0.39 is 10.0 Å². The molecule has 4 N–H and O–H groups in total. The normalized spacial score (nSPS) is 20.2. The smallest absolute Gasteiger partial charge is 0.235 e. The van der Waals surface area contributed by atoms with Crippen molar-refractivity contribution >= 4 is 32.3 Å². The number of nitrogens with two attached hydrogens (primary N) is 1. The number of fused-ring (bicyclic) bond motifs is 2. The van der Waals surface area contributed by atoms with Crippen LogP contribution in [0, 0.1) is 5.41 Å². The Kier molecular flexibility index (Phi) is 5.50. The molecule has 2 aliphatic heterocycles. The van der Waals surface area contributed by atoms with Crippen molar-refractivity contribution in [1.29, 1.82) is 5.41 Å². The highest BCUT2D eigenvalue weighted by Crippen LogP contribution is 2.44. The molecule has 2 heterocycles. The van der Waals surface area contributed by atoms with Crippen molar-refractivity contribution in [2.75, 3.05) is 23.1 Å². The van der Waals surface area contributed by atoms with Gasteiger partial charge in [-0.05, 0) is 72.1 Å². The Bertz CT molecular complexity index is 1330. The SMILES string of the molecule is CCS(=O)(=O)N1c2ccc(OC3CCNC3)cc2CC1c1ccc2ccc(C(=N)N)cc2c1. The number of nitrogens with one attached hydrogen (secondary N) is 2. The van der Waals surface area contributed by atoms with Crippen LogP contribution in [-0.2, 0) is 16.4 Å². The zero-order chi connectivity index (χ0) is 23.2. The van der Waals surface area contributed by atoms with Gasteiger partial charge in [-0.15, -0.1) is 0 Å². The average molecular weight is 465 g/mol. The van der Waals surface area contributed by atoms with Crippen LogP contribution in [-0.4, -0.2) is 39.2 Å². The first-order chi connectivity index (χ1) is 15.9. The van der Waals surface area contributed by atoms with E-state index >= 15 is 0 Å². The lowest BCUT2D eigenvalue weighted by Crippen LogP contribution is -2.33. The number of hydrogen-bond acceptors (Lipinski definition) is 5. The Morgan fingerprint density at radius 1 is 1.15 bits per heavy atom. The van der Waals surface area contributed by atoms with Gasteiger partial charge in [0.25, 0.3) is 0 Å². The summed E-state index contributed by atoms with van der Waals surface area (Å²) in [6.07, 6.45) is 1.69. The number of amidine groups is 1. The van der Waals surface area contributed by atoms with Crippen LogP contribution in [0.3, 0.4) is 0 Å². The minimum Gasteiger partial charge on any atom is -0.489 e. The molecule has 0 bridgehead atoms. The third-order valence-electron chi connectivity index (χ3n) is 6.53. The highest BCUT2D eigenvalue weighted by molar-refractivity contribution is 7.92. The number of nitrogen functional groups attached to an aromatic ring is 1. The molecule has 5 rings (SSSR count). The topological polar surface area (TPSA) is 109 Å². The Morgan fingerprint density at radius 2 is 1.97 bits per heavy atom. The van der Waals surface area contributed by atoms with Gasteiger partial charge in [0.2, 0.25) is 10.0 Å². The maximum atomic E-state index is 13.2. The van der Waals surface area contributed by atoms with Gasteiger partial charge in [-0.3, -0.25) is 9.71 Å². The van der Waals surface area contributed by atoms with Crippen LogP contribution in [0.4, 0.5) is 5.69 Å². The summed E-state index contributed by atoms with van der Waals surface area (Å²) in [7, 11) is -3.49. The molecule has 33 heavy (non-hydrogen) atoms. The number of benzene rings is 3. The first kappa shape index (κ1) is 21.7. The van der Waals surface area contributed by atoms with Gasteiger partial charge in [-0.25, -0.2) is 8.42 Å².